The number of hydrogen-bond acceptors (Lipinski definition) is 3. The number of carbonyl (C=O) groups excluding carboxylic acids is 1. The number of piperazine rings is 1. The quantitative estimate of drug-likeness (QED) is 0.145. The molecule has 5 aromatic rings. The highest BCUT2D eigenvalue weighted by Crippen LogP contribution is 2.37. The molecule has 1 aliphatic heterocycles. The van der Waals surface area contributed by atoms with Crippen LogP contribution >= 0.6 is 15.9 Å². The molecule has 1 fully saturated rings. The summed E-state index contributed by atoms with van der Waals surface area (Å²) in [6.45, 7) is 2.57. The lowest BCUT2D eigenvalue weighted by Crippen LogP contribution is -2.49. The average molecular weight is 614 g/mol. The van der Waals surface area contributed by atoms with Crippen molar-refractivity contribution in [3.63, 3.8) is 0 Å². The van der Waals surface area contributed by atoms with E-state index in [4.69, 9.17) is 0 Å². The minimum absolute atomic E-state index is 0.132. The maximum absolute atomic E-state index is 13.7. The molecule has 42 heavy (non-hydrogen) atoms. The summed E-state index contributed by atoms with van der Waals surface area (Å²) in [7, 11) is 0. The van der Waals surface area contributed by atoms with Crippen molar-refractivity contribution in [3.05, 3.63) is 137 Å². The van der Waals surface area contributed by atoms with Crippen LogP contribution in [0.25, 0.3) is 34.3 Å². The van der Waals surface area contributed by atoms with Crippen LogP contribution in [0.15, 0.2) is 131 Å². The zero-order valence-electron chi connectivity index (χ0n) is 23.0. The molecule has 5 nitrogen and oxygen atoms in total. The second kappa shape index (κ2) is 12.3. The summed E-state index contributed by atoms with van der Waals surface area (Å²) < 4.78 is 3.20. The van der Waals surface area contributed by atoms with Crippen LogP contribution in [0.4, 0.5) is 5.69 Å². The largest absolute Gasteiger partial charge is 0.368 e. The van der Waals surface area contributed by atoms with Crippen LogP contribution in [0.5, 0.6) is 0 Å². The molecule has 4 aromatic carbocycles. The van der Waals surface area contributed by atoms with Gasteiger partial charge in [-0.2, -0.15) is 5.26 Å². The molecule has 1 amide bonds. The summed E-state index contributed by atoms with van der Waals surface area (Å²) in [4.78, 5) is 17.8. The normalized spacial score (nSPS) is 13.6. The molecule has 206 valence electrons. The summed E-state index contributed by atoms with van der Waals surface area (Å²) in [6.07, 6.45) is 1.76. The number of nitrogens with zero attached hydrogens (tertiary/aromatic N) is 4. The third kappa shape index (κ3) is 5.65. The van der Waals surface area contributed by atoms with Crippen LogP contribution in [0.3, 0.4) is 0 Å². The first kappa shape index (κ1) is 27.3. The van der Waals surface area contributed by atoms with Gasteiger partial charge in [0.15, 0.2) is 0 Å². The fraction of sp³-hybridized carbons (Fsp3) is 0.111. The van der Waals surface area contributed by atoms with Gasteiger partial charge >= 0.3 is 0 Å². The first-order valence-electron chi connectivity index (χ1n) is 14.0. The SMILES string of the molecule is N#C/C(=C\c1cc(-c2ccccc2)n(-c2ccc(Br)cc2)c1-c1ccccc1)C(=O)N1CCN(c2ccccc2)CC1. The highest BCUT2D eigenvalue weighted by atomic mass is 79.9. The van der Waals surface area contributed by atoms with Gasteiger partial charge in [0.2, 0.25) is 0 Å². The van der Waals surface area contributed by atoms with Crippen molar-refractivity contribution in [2.45, 2.75) is 0 Å². The number of para-hydroxylation sites is 1. The molecule has 0 saturated carbocycles. The first-order valence-corrected chi connectivity index (χ1v) is 14.8. The number of amides is 1. The van der Waals surface area contributed by atoms with Crippen molar-refractivity contribution < 1.29 is 4.79 Å². The number of nitriles is 1. The van der Waals surface area contributed by atoms with Crippen molar-refractivity contribution in [2.75, 3.05) is 31.1 Å². The minimum Gasteiger partial charge on any atom is -0.368 e. The summed E-state index contributed by atoms with van der Waals surface area (Å²) in [5.41, 5.74) is 7.02. The lowest BCUT2D eigenvalue weighted by atomic mass is 10.0. The summed E-state index contributed by atoms with van der Waals surface area (Å²) in [5, 5.41) is 10.2. The zero-order valence-corrected chi connectivity index (χ0v) is 24.6. The van der Waals surface area contributed by atoms with Crippen LogP contribution in [-0.4, -0.2) is 41.6 Å². The molecule has 0 bridgehead atoms. The Labute approximate surface area is 254 Å². The van der Waals surface area contributed by atoms with Gasteiger partial charge in [0.25, 0.3) is 5.91 Å². The zero-order chi connectivity index (χ0) is 28.9. The summed E-state index contributed by atoms with van der Waals surface area (Å²) in [6, 6.07) is 43.0. The molecule has 1 aromatic heterocycles. The third-order valence-electron chi connectivity index (χ3n) is 7.57. The van der Waals surface area contributed by atoms with E-state index in [-0.39, 0.29) is 11.5 Å². The van der Waals surface area contributed by atoms with Crippen molar-refractivity contribution in [1.29, 1.82) is 5.26 Å². The predicted molar refractivity (Wildman–Crippen MR) is 173 cm³/mol. The highest BCUT2D eigenvalue weighted by Gasteiger charge is 2.25. The van der Waals surface area contributed by atoms with Crippen molar-refractivity contribution in [3.8, 4) is 34.3 Å². The van der Waals surface area contributed by atoms with E-state index in [1.165, 1.54) is 0 Å². The summed E-state index contributed by atoms with van der Waals surface area (Å²) >= 11 is 3.56. The molecule has 0 aliphatic carbocycles. The monoisotopic (exact) mass is 612 g/mol. The van der Waals surface area contributed by atoms with Gasteiger partial charge in [0.05, 0.1) is 11.4 Å². The molecule has 0 N–H and O–H groups in total. The molecule has 0 atom stereocenters. The van der Waals surface area contributed by atoms with Crippen LogP contribution < -0.4 is 4.90 Å². The smallest absolute Gasteiger partial charge is 0.264 e. The Morgan fingerprint density at radius 2 is 1.29 bits per heavy atom. The van der Waals surface area contributed by atoms with Gasteiger partial charge in [-0.1, -0.05) is 94.8 Å². The standard InChI is InChI=1S/C36H29BrN4O/c37-31-16-18-33(19-17-31)41-34(27-10-4-1-5-11-27)25-29(35(41)28-12-6-2-7-13-28)24-30(26-38)36(42)40-22-20-39(21-23-40)32-14-8-3-9-15-32/h1-19,24-25H,20-23H2/b30-24+. The van der Waals surface area contributed by atoms with E-state index >= 15 is 0 Å². The maximum atomic E-state index is 13.7. The fourth-order valence-corrected chi connectivity index (χ4v) is 5.75. The Hall–Kier alpha value is -4.86. The maximum Gasteiger partial charge on any atom is 0.264 e. The van der Waals surface area contributed by atoms with Gasteiger partial charge in [-0.15, -0.1) is 0 Å². The van der Waals surface area contributed by atoms with Crippen molar-refractivity contribution in [1.82, 2.24) is 9.47 Å². The third-order valence-corrected chi connectivity index (χ3v) is 8.10. The van der Waals surface area contributed by atoms with Crippen LogP contribution in [-0.2, 0) is 4.79 Å². The average Bonchev–Trinajstić information content (AvgIpc) is 3.44. The van der Waals surface area contributed by atoms with E-state index in [9.17, 15) is 10.1 Å². The van der Waals surface area contributed by atoms with Crippen molar-refractivity contribution in [2.24, 2.45) is 0 Å². The minimum atomic E-state index is -0.234. The summed E-state index contributed by atoms with van der Waals surface area (Å²) in [5.74, 6) is -0.234. The number of rotatable bonds is 6. The fourth-order valence-electron chi connectivity index (χ4n) is 5.49. The van der Waals surface area contributed by atoms with Crippen LogP contribution in [0, 0.1) is 11.3 Å². The molecule has 0 unspecified atom stereocenters. The Balaban J connectivity index is 1.42. The second-order valence-electron chi connectivity index (χ2n) is 10.2. The van der Waals surface area contributed by atoms with Gasteiger partial charge in [0, 0.05) is 47.6 Å². The number of carbonyl (C=O) groups is 1. The van der Waals surface area contributed by atoms with Gasteiger partial charge in [-0.05, 0) is 59.7 Å². The van der Waals surface area contributed by atoms with Crippen molar-refractivity contribution >= 4 is 33.6 Å². The molecule has 2 heterocycles. The second-order valence-corrected chi connectivity index (χ2v) is 11.1. The molecule has 0 spiro atoms. The number of hydrogen-bond donors (Lipinski definition) is 0. The Morgan fingerprint density at radius 3 is 1.88 bits per heavy atom. The Bertz CT molecular complexity index is 1750. The Morgan fingerprint density at radius 1 is 0.714 bits per heavy atom. The lowest BCUT2D eigenvalue weighted by molar-refractivity contribution is -0.126. The van der Waals surface area contributed by atoms with E-state index in [0.717, 1.165) is 57.0 Å². The highest BCUT2D eigenvalue weighted by molar-refractivity contribution is 9.10. The molecule has 6 rings (SSSR count). The topological polar surface area (TPSA) is 52.3 Å². The number of aromatic nitrogens is 1. The van der Waals surface area contributed by atoms with Crippen LogP contribution in [0.2, 0.25) is 0 Å². The van der Waals surface area contributed by atoms with Gasteiger partial charge in [-0.25, -0.2) is 0 Å². The van der Waals surface area contributed by atoms with Crippen LogP contribution in [0.1, 0.15) is 5.56 Å². The number of halogens is 1. The number of anilines is 1. The molecule has 1 aliphatic rings. The van der Waals surface area contributed by atoms with E-state index < -0.39 is 0 Å². The molecule has 0 radical (unpaired) electrons. The van der Waals surface area contributed by atoms with Gasteiger partial charge < -0.3 is 14.4 Å². The van der Waals surface area contributed by atoms with E-state index in [2.05, 4.69) is 86.1 Å². The van der Waals surface area contributed by atoms with Gasteiger partial charge in [-0.3, -0.25) is 4.79 Å². The van der Waals surface area contributed by atoms with Gasteiger partial charge in [0.1, 0.15) is 11.6 Å². The van der Waals surface area contributed by atoms with E-state index in [0.29, 0.717) is 13.1 Å². The molecule has 6 heteroatoms. The van der Waals surface area contributed by atoms with E-state index in [1.54, 1.807) is 11.0 Å². The lowest BCUT2D eigenvalue weighted by Gasteiger charge is -2.36. The molecular weight excluding hydrogens is 584 g/mol. The first-order chi connectivity index (χ1) is 20.6. The number of benzene rings is 4. The predicted octanol–water partition coefficient (Wildman–Crippen LogP) is 7.83. The molecule has 1 saturated heterocycles. The molecular formula is C36H29BrN4O. The van der Waals surface area contributed by atoms with E-state index in [1.807, 2.05) is 66.7 Å². The Kier molecular flexibility index (Phi) is 8.02.